The van der Waals surface area contributed by atoms with Gasteiger partial charge in [-0.25, -0.2) is 4.98 Å². The molecule has 0 bridgehead atoms. The summed E-state index contributed by atoms with van der Waals surface area (Å²) in [4.78, 5) is 17.7. The van der Waals surface area contributed by atoms with Crippen molar-refractivity contribution < 1.29 is 13.6 Å². The lowest BCUT2D eigenvalue weighted by atomic mass is 9.95. The van der Waals surface area contributed by atoms with E-state index in [4.69, 9.17) is 0 Å². The van der Waals surface area contributed by atoms with Crippen molar-refractivity contribution in [2.24, 2.45) is 5.92 Å². The molecule has 1 unspecified atom stereocenters. The second kappa shape index (κ2) is 8.38. The fraction of sp³-hybridized carbons (Fsp3) is 0.750. The number of hydrogen-bond acceptors (Lipinski definition) is 3. The molecule has 0 aliphatic carbocycles. The first-order valence-corrected chi connectivity index (χ1v) is 8.27. The standard InChI is InChI=1S/C16H26F2N4O/c1-12(2)22-9-7-19-14(22)11-21-8-3-4-13(10-21)5-6-20-16(23)15(17)18/h7,9,12-13,15H,3-6,8,10-11H2,1-2H3,(H,20,23). The van der Waals surface area contributed by atoms with Crippen LogP contribution in [0.3, 0.4) is 0 Å². The molecule has 0 aromatic carbocycles. The smallest absolute Gasteiger partial charge is 0.315 e. The molecule has 0 saturated carbocycles. The molecule has 0 spiro atoms. The molecule has 23 heavy (non-hydrogen) atoms. The summed E-state index contributed by atoms with van der Waals surface area (Å²) in [5.74, 6) is 0.326. The number of likely N-dealkylation sites (tertiary alicyclic amines) is 1. The lowest BCUT2D eigenvalue weighted by Crippen LogP contribution is -2.38. The Hall–Kier alpha value is -1.50. The maximum absolute atomic E-state index is 12.1. The number of nitrogens with one attached hydrogen (secondary N) is 1. The van der Waals surface area contributed by atoms with Gasteiger partial charge in [0.1, 0.15) is 5.82 Å². The van der Waals surface area contributed by atoms with E-state index in [9.17, 15) is 13.6 Å². The van der Waals surface area contributed by atoms with Gasteiger partial charge in [-0.15, -0.1) is 0 Å². The van der Waals surface area contributed by atoms with Gasteiger partial charge in [0.2, 0.25) is 0 Å². The Morgan fingerprint density at radius 2 is 2.26 bits per heavy atom. The zero-order chi connectivity index (χ0) is 16.8. The molecule has 1 fully saturated rings. The lowest BCUT2D eigenvalue weighted by Gasteiger charge is -2.32. The highest BCUT2D eigenvalue weighted by Gasteiger charge is 2.22. The SMILES string of the molecule is CC(C)n1ccnc1CN1CCCC(CCNC(=O)C(F)F)C1. The number of amides is 1. The summed E-state index contributed by atoms with van der Waals surface area (Å²) in [6.07, 6.45) is 3.83. The minimum Gasteiger partial charge on any atom is -0.351 e. The monoisotopic (exact) mass is 328 g/mol. The van der Waals surface area contributed by atoms with Crippen LogP contribution in [-0.4, -0.2) is 46.4 Å². The predicted octanol–water partition coefficient (Wildman–Crippen LogP) is 2.45. The number of hydrogen-bond donors (Lipinski definition) is 1. The second-order valence-electron chi connectivity index (χ2n) is 6.47. The van der Waals surface area contributed by atoms with E-state index in [1.807, 2.05) is 12.4 Å². The van der Waals surface area contributed by atoms with Crippen molar-refractivity contribution in [2.45, 2.75) is 52.1 Å². The molecule has 7 heteroatoms. The van der Waals surface area contributed by atoms with E-state index < -0.39 is 12.3 Å². The van der Waals surface area contributed by atoms with Crippen molar-refractivity contribution in [3.8, 4) is 0 Å². The van der Waals surface area contributed by atoms with Crippen molar-refractivity contribution in [1.29, 1.82) is 0 Å². The summed E-state index contributed by atoms with van der Waals surface area (Å²) in [6.45, 7) is 7.36. The number of aromatic nitrogens is 2. The molecule has 1 aromatic heterocycles. The molecule has 5 nitrogen and oxygen atoms in total. The molecule has 130 valence electrons. The molecule has 1 aliphatic heterocycles. The number of rotatable bonds is 7. The average Bonchev–Trinajstić information content (AvgIpc) is 2.95. The number of carbonyl (C=O) groups is 1. The number of piperidine rings is 1. The van der Waals surface area contributed by atoms with Crippen molar-refractivity contribution in [2.75, 3.05) is 19.6 Å². The van der Waals surface area contributed by atoms with Crippen LogP contribution < -0.4 is 5.32 Å². The van der Waals surface area contributed by atoms with Crippen LogP contribution in [0.25, 0.3) is 0 Å². The summed E-state index contributed by atoms with van der Waals surface area (Å²) in [6, 6.07) is 0.387. The third kappa shape index (κ3) is 5.27. The van der Waals surface area contributed by atoms with E-state index in [-0.39, 0.29) is 0 Å². The highest BCUT2D eigenvalue weighted by Crippen LogP contribution is 2.21. The minimum atomic E-state index is -2.92. The van der Waals surface area contributed by atoms with Crippen LogP contribution in [0.4, 0.5) is 8.78 Å². The van der Waals surface area contributed by atoms with Gasteiger partial charge >= 0.3 is 6.43 Å². The Morgan fingerprint density at radius 3 is 2.96 bits per heavy atom. The zero-order valence-corrected chi connectivity index (χ0v) is 13.8. The van der Waals surface area contributed by atoms with Crippen molar-refractivity contribution >= 4 is 5.91 Å². The molecule has 1 atom stereocenters. The topological polar surface area (TPSA) is 50.2 Å². The quantitative estimate of drug-likeness (QED) is 0.836. The maximum atomic E-state index is 12.1. The van der Waals surface area contributed by atoms with Crippen LogP contribution in [0, 0.1) is 5.92 Å². The van der Waals surface area contributed by atoms with Crippen LogP contribution in [0.1, 0.15) is 45.0 Å². The molecule has 1 aromatic rings. The van der Waals surface area contributed by atoms with Gasteiger partial charge in [-0.1, -0.05) is 0 Å². The van der Waals surface area contributed by atoms with E-state index in [1.54, 1.807) is 0 Å². The van der Waals surface area contributed by atoms with Crippen LogP contribution in [-0.2, 0) is 11.3 Å². The highest BCUT2D eigenvalue weighted by atomic mass is 19.3. The largest absolute Gasteiger partial charge is 0.351 e. The highest BCUT2D eigenvalue weighted by molar-refractivity contribution is 5.78. The normalized spacial score (nSPS) is 19.5. The fourth-order valence-electron chi connectivity index (χ4n) is 3.14. The summed E-state index contributed by atoms with van der Waals surface area (Å²) in [7, 11) is 0. The van der Waals surface area contributed by atoms with Crippen LogP contribution in [0.5, 0.6) is 0 Å². The van der Waals surface area contributed by atoms with Crippen molar-refractivity contribution in [3.05, 3.63) is 18.2 Å². The Kier molecular flexibility index (Phi) is 6.50. The molecule has 1 aliphatic rings. The molecular weight excluding hydrogens is 302 g/mol. The number of carbonyl (C=O) groups excluding carboxylic acids is 1. The van der Waals surface area contributed by atoms with Gasteiger partial charge in [-0.05, 0) is 45.6 Å². The van der Waals surface area contributed by atoms with Gasteiger partial charge in [-0.2, -0.15) is 8.78 Å². The number of halogens is 2. The first kappa shape index (κ1) is 17.8. The third-order valence-corrected chi connectivity index (χ3v) is 4.32. The molecule has 0 radical (unpaired) electrons. The third-order valence-electron chi connectivity index (χ3n) is 4.32. The summed E-state index contributed by atoms with van der Waals surface area (Å²) in [5, 5.41) is 2.29. The molecule has 2 heterocycles. The number of imidazole rings is 1. The Morgan fingerprint density at radius 1 is 1.48 bits per heavy atom. The Balaban J connectivity index is 1.79. The average molecular weight is 328 g/mol. The predicted molar refractivity (Wildman–Crippen MR) is 84.2 cm³/mol. The summed E-state index contributed by atoms with van der Waals surface area (Å²) in [5.41, 5.74) is 0. The Labute approximate surface area is 136 Å². The first-order chi connectivity index (χ1) is 11.0. The molecular formula is C16H26F2N4O. The Bertz CT molecular complexity index is 504. The van der Waals surface area contributed by atoms with E-state index in [0.29, 0.717) is 18.5 Å². The second-order valence-corrected chi connectivity index (χ2v) is 6.47. The first-order valence-electron chi connectivity index (χ1n) is 8.27. The van der Waals surface area contributed by atoms with Crippen molar-refractivity contribution in [3.63, 3.8) is 0 Å². The van der Waals surface area contributed by atoms with Crippen LogP contribution >= 0.6 is 0 Å². The van der Waals surface area contributed by atoms with Gasteiger partial charge in [0.05, 0.1) is 6.54 Å². The molecule has 2 rings (SSSR count). The molecule has 1 N–H and O–H groups in total. The zero-order valence-electron chi connectivity index (χ0n) is 13.8. The lowest BCUT2D eigenvalue weighted by molar-refractivity contribution is -0.131. The van der Waals surface area contributed by atoms with Crippen molar-refractivity contribution in [1.82, 2.24) is 19.8 Å². The van der Waals surface area contributed by atoms with Gasteiger partial charge in [0, 0.05) is 31.5 Å². The van der Waals surface area contributed by atoms with E-state index in [0.717, 1.165) is 44.7 Å². The van der Waals surface area contributed by atoms with E-state index in [1.165, 1.54) is 0 Å². The maximum Gasteiger partial charge on any atom is 0.315 e. The fourth-order valence-corrected chi connectivity index (χ4v) is 3.14. The van der Waals surface area contributed by atoms with Gasteiger partial charge < -0.3 is 9.88 Å². The van der Waals surface area contributed by atoms with Gasteiger partial charge in [0.25, 0.3) is 5.91 Å². The van der Waals surface area contributed by atoms with E-state index >= 15 is 0 Å². The molecule has 1 saturated heterocycles. The number of nitrogens with zero attached hydrogens (tertiary/aromatic N) is 3. The van der Waals surface area contributed by atoms with Gasteiger partial charge in [-0.3, -0.25) is 9.69 Å². The molecule has 1 amide bonds. The summed E-state index contributed by atoms with van der Waals surface area (Å²) >= 11 is 0. The number of alkyl halides is 2. The van der Waals surface area contributed by atoms with Crippen LogP contribution in [0.15, 0.2) is 12.4 Å². The van der Waals surface area contributed by atoms with Gasteiger partial charge in [0.15, 0.2) is 0 Å². The van der Waals surface area contributed by atoms with E-state index in [2.05, 4.69) is 33.6 Å². The summed E-state index contributed by atoms with van der Waals surface area (Å²) < 4.78 is 26.5. The van der Waals surface area contributed by atoms with Crippen LogP contribution in [0.2, 0.25) is 0 Å². The minimum absolute atomic E-state index is 0.322.